The fourth-order valence-electron chi connectivity index (χ4n) is 1.03. The summed E-state index contributed by atoms with van der Waals surface area (Å²) in [5, 5.41) is 22.4. The number of hydrogen-bond donors (Lipinski definition) is 3. The number of aliphatic carboxylic acids is 1. The lowest BCUT2D eigenvalue weighted by atomic mass is 10.2. The summed E-state index contributed by atoms with van der Waals surface area (Å²) in [6.07, 6.45) is 2.38. The second kappa shape index (κ2) is 10.4. The summed E-state index contributed by atoms with van der Waals surface area (Å²) < 4.78 is 0. The first-order valence-corrected chi connectivity index (χ1v) is 6.05. The van der Waals surface area contributed by atoms with Gasteiger partial charge >= 0.3 is 5.97 Å². The summed E-state index contributed by atoms with van der Waals surface area (Å²) in [6, 6.07) is 1.77. The SMILES string of the molecule is N#C/C(=C/NCCCCl)C(=O)NCCCC(=O)O. The number of halogens is 1. The van der Waals surface area contributed by atoms with E-state index in [0.717, 1.165) is 6.42 Å². The van der Waals surface area contributed by atoms with Crippen molar-refractivity contribution in [3.63, 3.8) is 0 Å². The summed E-state index contributed by atoms with van der Waals surface area (Å²) in [5.74, 6) is -0.922. The molecule has 0 aliphatic heterocycles. The van der Waals surface area contributed by atoms with E-state index in [1.54, 1.807) is 6.07 Å². The van der Waals surface area contributed by atoms with Crippen molar-refractivity contribution in [3.8, 4) is 6.07 Å². The second-order valence-electron chi connectivity index (χ2n) is 3.42. The van der Waals surface area contributed by atoms with Crippen LogP contribution in [0.1, 0.15) is 19.3 Å². The Morgan fingerprint density at radius 1 is 1.33 bits per heavy atom. The molecule has 0 atom stereocenters. The molecule has 3 N–H and O–H groups in total. The van der Waals surface area contributed by atoms with Crippen LogP contribution in [0.2, 0.25) is 0 Å². The first-order chi connectivity index (χ1) is 8.61. The number of carbonyl (C=O) groups is 2. The van der Waals surface area contributed by atoms with E-state index in [4.69, 9.17) is 22.0 Å². The van der Waals surface area contributed by atoms with Gasteiger partial charge in [0.25, 0.3) is 5.91 Å². The Balaban J connectivity index is 3.96. The van der Waals surface area contributed by atoms with Crippen LogP contribution in [0.5, 0.6) is 0 Å². The number of amides is 1. The summed E-state index contributed by atoms with van der Waals surface area (Å²) in [5.41, 5.74) is -0.0418. The number of rotatable bonds is 9. The first-order valence-electron chi connectivity index (χ1n) is 5.51. The van der Waals surface area contributed by atoms with Crippen molar-refractivity contribution in [2.24, 2.45) is 0 Å². The van der Waals surface area contributed by atoms with Gasteiger partial charge in [0.05, 0.1) is 0 Å². The van der Waals surface area contributed by atoms with Gasteiger partial charge in [-0.2, -0.15) is 5.26 Å². The monoisotopic (exact) mass is 273 g/mol. The molecule has 0 aromatic carbocycles. The number of hydrogen-bond acceptors (Lipinski definition) is 4. The molecular formula is C11H16ClN3O3. The van der Waals surface area contributed by atoms with Crippen LogP contribution >= 0.6 is 11.6 Å². The minimum Gasteiger partial charge on any atom is -0.481 e. The maximum Gasteiger partial charge on any atom is 0.303 e. The molecule has 6 nitrogen and oxygen atoms in total. The molecule has 7 heteroatoms. The highest BCUT2D eigenvalue weighted by Crippen LogP contribution is 1.92. The molecule has 0 aliphatic carbocycles. The molecule has 0 aromatic heterocycles. The second-order valence-corrected chi connectivity index (χ2v) is 3.80. The van der Waals surface area contributed by atoms with Crippen molar-refractivity contribution in [3.05, 3.63) is 11.8 Å². The molecule has 0 bridgehead atoms. The van der Waals surface area contributed by atoms with Crippen LogP contribution in [0.4, 0.5) is 0 Å². The Hall–Kier alpha value is -1.74. The molecule has 0 heterocycles. The molecule has 100 valence electrons. The standard InChI is InChI=1S/C11H16ClN3O3/c12-4-2-5-14-8-9(7-13)11(18)15-6-1-3-10(16)17/h8,14H,1-6H2,(H,15,18)(H,16,17)/b9-8-. The van der Waals surface area contributed by atoms with Gasteiger partial charge in [0.2, 0.25) is 0 Å². The number of nitrogens with one attached hydrogen (secondary N) is 2. The van der Waals surface area contributed by atoms with Gasteiger partial charge in [-0.15, -0.1) is 11.6 Å². The number of carboxylic acids is 1. The fourth-order valence-corrected chi connectivity index (χ4v) is 1.16. The van der Waals surface area contributed by atoms with Gasteiger partial charge in [0.15, 0.2) is 0 Å². The average molecular weight is 274 g/mol. The maximum absolute atomic E-state index is 11.5. The van der Waals surface area contributed by atoms with Crippen LogP contribution in [0.25, 0.3) is 0 Å². The molecule has 0 rings (SSSR count). The van der Waals surface area contributed by atoms with Crippen molar-refractivity contribution in [2.75, 3.05) is 19.0 Å². The number of nitrogens with zero attached hydrogens (tertiary/aromatic N) is 1. The van der Waals surface area contributed by atoms with E-state index >= 15 is 0 Å². The molecule has 0 radical (unpaired) electrons. The minimum absolute atomic E-state index is 0.0140. The molecule has 0 saturated heterocycles. The van der Waals surface area contributed by atoms with Crippen LogP contribution in [-0.2, 0) is 9.59 Å². The van der Waals surface area contributed by atoms with Crippen LogP contribution in [0.3, 0.4) is 0 Å². The van der Waals surface area contributed by atoms with Crippen molar-refractivity contribution in [1.29, 1.82) is 5.26 Å². The van der Waals surface area contributed by atoms with E-state index in [-0.39, 0.29) is 18.5 Å². The average Bonchev–Trinajstić information content (AvgIpc) is 2.34. The maximum atomic E-state index is 11.5. The van der Waals surface area contributed by atoms with E-state index in [1.807, 2.05) is 0 Å². The molecule has 0 spiro atoms. The van der Waals surface area contributed by atoms with Crippen molar-refractivity contribution in [1.82, 2.24) is 10.6 Å². The lowest BCUT2D eigenvalue weighted by Gasteiger charge is -2.03. The predicted octanol–water partition coefficient (Wildman–Crippen LogP) is 0.593. The molecule has 0 aromatic rings. The van der Waals surface area contributed by atoms with Crippen molar-refractivity contribution >= 4 is 23.5 Å². The number of alkyl halides is 1. The molecule has 0 saturated carbocycles. The van der Waals surface area contributed by atoms with Gasteiger partial charge in [-0.25, -0.2) is 0 Å². The zero-order valence-electron chi connectivity index (χ0n) is 9.91. The Bertz CT molecular complexity index is 350. The highest BCUT2D eigenvalue weighted by Gasteiger charge is 2.07. The van der Waals surface area contributed by atoms with Gasteiger partial charge in [-0.1, -0.05) is 0 Å². The van der Waals surface area contributed by atoms with E-state index in [2.05, 4.69) is 10.6 Å². The van der Waals surface area contributed by atoms with E-state index in [9.17, 15) is 9.59 Å². The lowest BCUT2D eigenvalue weighted by molar-refractivity contribution is -0.137. The summed E-state index contributed by atoms with van der Waals surface area (Å²) >= 11 is 5.47. The fraction of sp³-hybridized carbons (Fsp3) is 0.545. The number of nitriles is 1. The molecule has 0 fully saturated rings. The van der Waals surface area contributed by atoms with Gasteiger partial charge in [-0.05, 0) is 12.8 Å². The third-order valence-electron chi connectivity index (χ3n) is 1.92. The van der Waals surface area contributed by atoms with Gasteiger partial charge in [0, 0.05) is 31.6 Å². The molecule has 0 unspecified atom stereocenters. The van der Waals surface area contributed by atoms with Crippen molar-refractivity contribution in [2.45, 2.75) is 19.3 Å². The smallest absolute Gasteiger partial charge is 0.303 e. The van der Waals surface area contributed by atoms with Crippen molar-refractivity contribution < 1.29 is 14.7 Å². The van der Waals surface area contributed by atoms with E-state index in [1.165, 1.54) is 6.20 Å². The van der Waals surface area contributed by atoms with Gasteiger partial charge in [0.1, 0.15) is 11.6 Å². The number of carbonyl (C=O) groups excluding carboxylic acids is 1. The highest BCUT2D eigenvalue weighted by atomic mass is 35.5. The molecule has 1 amide bonds. The topological polar surface area (TPSA) is 102 Å². The lowest BCUT2D eigenvalue weighted by Crippen LogP contribution is -2.27. The van der Waals surface area contributed by atoms with Crippen LogP contribution < -0.4 is 10.6 Å². The van der Waals surface area contributed by atoms with Gasteiger partial charge < -0.3 is 15.7 Å². The Morgan fingerprint density at radius 2 is 2.06 bits per heavy atom. The largest absolute Gasteiger partial charge is 0.481 e. The van der Waals surface area contributed by atoms with E-state index in [0.29, 0.717) is 18.8 Å². The molecule has 18 heavy (non-hydrogen) atoms. The Kier molecular flexibility index (Phi) is 9.41. The Labute approximate surface area is 111 Å². The summed E-state index contributed by atoms with van der Waals surface area (Å²) in [6.45, 7) is 0.812. The normalized spacial score (nSPS) is 10.6. The predicted molar refractivity (Wildman–Crippen MR) is 66.9 cm³/mol. The quantitative estimate of drug-likeness (QED) is 0.247. The minimum atomic E-state index is -0.914. The number of carboxylic acid groups (broad SMARTS) is 1. The zero-order chi connectivity index (χ0) is 13.8. The van der Waals surface area contributed by atoms with Gasteiger partial charge in [-0.3, -0.25) is 9.59 Å². The third kappa shape index (κ3) is 8.42. The zero-order valence-corrected chi connectivity index (χ0v) is 10.7. The first kappa shape index (κ1) is 16.3. The van der Waals surface area contributed by atoms with Crippen LogP contribution in [-0.4, -0.2) is 36.0 Å². The van der Waals surface area contributed by atoms with Crippen LogP contribution in [0.15, 0.2) is 11.8 Å². The summed E-state index contributed by atoms with van der Waals surface area (Å²) in [7, 11) is 0. The summed E-state index contributed by atoms with van der Waals surface area (Å²) in [4.78, 5) is 21.7. The molecular weight excluding hydrogens is 258 g/mol. The third-order valence-corrected chi connectivity index (χ3v) is 2.19. The van der Waals surface area contributed by atoms with Crippen LogP contribution in [0, 0.1) is 11.3 Å². The Morgan fingerprint density at radius 3 is 2.61 bits per heavy atom. The highest BCUT2D eigenvalue weighted by molar-refractivity contribution is 6.17. The van der Waals surface area contributed by atoms with E-state index < -0.39 is 11.9 Å². The molecule has 0 aliphatic rings.